The van der Waals surface area contributed by atoms with E-state index in [1.165, 1.54) is 37.4 Å². The lowest BCUT2D eigenvalue weighted by Gasteiger charge is -2.33. The summed E-state index contributed by atoms with van der Waals surface area (Å²) in [5, 5.41) is 13.6. The number of rotatable bonds is 7. The van der Waals surface area contributed by atoms with E-state index in [1.807, 2.05) is 0 Å². The van der Waals surface area contributed by atoms with Gasteiger partial charge in [0.2, 0.25) is 5.91 Å². The van der Waals surface area contributed by atoms with Crippen LogP contribution in [-0.4, -0.2) is 49.1 Å². The predicted molar refractivity (Wildman–Crippen MR) is 104 cm³/mol. The molecule has 0 bridgehead atoms. The van der Waals surface area contributed by atoms with Crippen LogP contribution in [0.3, 0.4) is 0 Å². The molecule has 3 rings (SSSR count). The molecule has 2 aromatic carbocycles. The zero-order valence-electron chi connectivity index (χ0n) is 16.0. The third-order valence-corrected chi connectivity index (χ3v) is 4.72. The van der Waals surface area contributed by atoms with E-state index in [-0.39, 0.29) is 35.7 Å². The first kappa shape index (κ1) is 20.7. The van der Waals surface area contributed by atoms with E-state index < -0.39 is 4.92 Å². The number of carbonyl (C=O) groups is 1. The molecule has 1 aliphatic heterocycles. The number of hydrogen-bond donors (Lipinski definition) is 1. The molecule has 9 heteroatoms. The van der Waals surface area contributed by atoms with Crippen molar-refractivity contribution in [3.63, 3.8) is 0 Å². The summed E-state index contributed by atoms with van der Waals surface area (Å²) in [5.41, 5.74) is 1.17. The van der Waals surface area contributed by atoms with Crippen LogP contribution in [0, 0.1) is 15.9 Å². The maximum Gasteiger partial charge on any atom is 0.273 e. The molecule has 0 aromatic heterocycles. The minimum absolute atomic E-state index is 0.111. The number of hydrogen-bond acceptors (Lipinski definition) is 6. The van der Waals surface area contributed by atoms with Crippen LogP contribution in [0.5, 0.6) is 5.75 Å². The van der Waals surface area contributed by atoms with Crippen LogP contribution >= 0.6 is 0 Å². The number of nitro groups is 1. The molecule has 154 valence electrons. The van der Waals surface area contributed by atoms with Gasteiger partial charge < -0.3 is 14.8 Å². The lowest BCUT2D eigenvalue weighted by atomic mass is 10.1. The molecule has 8 nitrogen and oxygen atoms in total. The average molecular weight is 403 g/mol. The molecule has 1 heterocycles. The van der Waals surface area contributed by atoms with E-state index >= 15 is 0 Å². The van der Waals surface area contributed by atoms with Crippen molar-refractivity contribution in [2.45, 2.75) is 12.5 Å². The summed E-state index contributed by atoms with van der Waals surface area (Å²) in [7, 11) is 1.39. The number of amides is 1. The Kier molecular flexibility index (Phi) is 6.73. The number of non-ortho nitro benzene ring substituents is 1. The van der Waals surface area contributed by atoms with Gasteiger partial charge in [0, 0.05) is 32.1 Å². The number of morpholine rings is 1. The van der Waals surface area contributed by atoms with Crippen molar-refractivity contribution in [3.8, 4) is 5.75 Å². The first-order valence-electron chi connectivity index (χ1n) is 9.18. The fourth-order valence-electron chi connectivity index (χ4n) is 3.15. The Labute approximate surface area is 167 Å². The molecule has 0 radical (unpaired) electrons. The predicted octanol–water partition coefficient (Wildman–Crippen LogP) is 3.14. The van der Waals surface area contributed by atoms with E-state index in [2.05, 4.69) is 10.2 Å². The van der Waals surface area contributed by atoms with Gasteiger partial charge in [0.1, 0.15) is 11.6 Å². The van der Waals surface area contributed by atoms with Gasteiger partial charge in [-0.05, 0) is 23.8 Å². The number of methoxy groups -OCH3 is 1. The second-order valence-electron chi connectivity index (χ2n) is 6.65. The summed E-state index contributed by atoms with van der Waals surface area (Å²) >= 11 is 0. The molecule has 1 saturated heterocycles. The lowest BCUT2D eigenvalue weighted by Crippen LogP contribution is -2.39. The molecular formula is C20H22FN3O5. The minimum atomic E-state index is -0.524. The minimum Gasteiger partial charge on any atom is -0.494 e. The Morgan fingerprint density at radius 2 is 2.10 bits per heavy atom. The lowest BCUT2D eigenvalue weighted by molar-refractivity contribution is -0.384. The third kappa shape index (κ3) is 5.49. The summed E-state index contributed by atoms with van der Waals surface area (Å²) in [4.78, 5) is 24.8. The van der Waals surface area contributed by atoms with Gasteiger partial charge in [0.15, 0.2) is 0 Å². The topological polar surface area (TPSA) is 93.9 Å². The van der Waals surface area contributed by atoms with Crippen molar-refractivity contribution in [2.75, 3.05) is 38.7 Å². The molecule has 1 unspecified atom stereocenters. The Bertz CT molecular complexity index is 875. The molecule has 1 amide bonds. The summed E-state index contributed by atoms with van der Waals surface area (Å²) in [6.07, 6.45) is 0.0817. The fraction of sp³-hybridized carbons (Fsp3) is 0.350. The van der Waals surface area contributed by atoms with Crippen LogP contribution in [0.2, 0.25) is 0 Å². The van der Waals surface area contributed by atoms with Crippen molar-refractivity contribution in [1.82, 2.24) is 4.90 Å². The van der Waals surface area contributed by atoms with E-state index in [1.54, 1.807) is 12.1 Å². The highest BCUT2D eigenvalue weighted by Crippen LogP contribution is 2.29. The van der Waals surface area contributed by atoms with Gasteiger partial charge in [0.25, 0.3) is 5.69 Å². The number of carbonyl (C=O) groups excluding carboxylic acids is 1. The number of benzene rings is 2. The molecule has 29 heavy (non-hydrogen) atoms. The van der Waals surface area contributed by atoms with Crippen molar-refractivity contribution in [2.24, 2.45) is 0 Å². The average Bonchev–Trinajstić information content (AvgIpc) is 2.73. The number of halogens is 1. The van der Waals surface area contributed by atoms with E-state index in [0.717, 1.165) is 5.56 Å². The van der Waals surface area contributed by atoms with Crippen molar-refractivity contribution in [1.29, 1.82) is 0 Å². The van der Waals surface area contributed by atoms with Crippen molar-refractivity contribution >= 4 is 17.3 Å². The van der Waals surface area contributed by atoms with Gasteiger partial charge in [-0.25, -0.2) is 4.39 Å². The monoisotopic (exact) mass is 403 g/mol. The van der Waals surface area contributed by atoms with Crippen LogP contribution < -0.4 is 10.1 Å². The second-order valence-corrected chi connectivity index (χ2v) is 6.65. The van der Waals surface area contributed by atoms with E-state index in [4.69, 9.17) is 9.47 Å². The maximum absolute atomic E-state index is 13.1. The first-order valence-corrected chi connectivity index (χ1v) is 9.18. The maximum atomic E-state index is 13.1. The van der Waals surface area contributed by atoms with Gasteiger partial charge in [-0.3, -0.25) is 19.8 Å². The number of nitrogens with zero attached hydrogens (tertiary/aromatic N) is 2. The van der Waals surface area contributed by atoms with E-state index in [0.29, 0.717) is 31.9 Å². The molecule has 0 saturated carbocycles. The van der Waals surface area contributed by atoms with Gasteiger partial charge >= 0.3 is 0 Å². The highest BCUT2D eigenvalue weighted by atomic mass is 19.1. The van der Waals surface area contributed by atoms with Gasteiger partial charge in [-0.2, -0.15) is 0 Å². The van der Waals surface area contributed by atoms with Gasteiger partial charge in [-0.1, -0.05) is 12.1 Å². The number of nitrogens with one attached hydrogen (secondary N) is 1. The highest BCUT2D eigenvalue weighted by Gasteiger charge is 2.22. The van der Waals surface area contributed by atoms with Crippen molar-refractivity contribution < 1.29 is 23.6 Å². The summed E-state index contributed by atoms with van der Waals surface area (Å²) in [6.45, 7) is 2.37. The molecule has 1 aliphatic rings. The highest BCUT2D eigenvalue weighted by molar-refractivity contribution is 5.92. The Morgan fingerprint density at radius 3 is 2.79 bits per heavy atom. The van der Waals surface area contributed by atoms with Gasteiger partial charge in [0.05, 0.1) is 36.5 Å². The zero-order valence-corrected chi connectivity index (χ0v) is 16.0. The fourth-order valence-corrected chi connectivity index (χ4v) is 3.15. The molecule has 2 aromatic rings. The summed E-state index contributed by atoms with van der Waals surface area (Å²) in [5.74, 6) is -0.281. The second kappa shape index (κ2) is 9.44. The molecule has 1 N–H and O–H groups in total. The number of nitro benzene ring substituents is 1. The molecular weight excluding hydrogens is 381 g/mol. The summed E-state index contributed by atoms with van der Waals surface area (Å²) in [6, 6.07) is 10.3. The SMILES string of the molecule is COc1cc([N+](=O)[O-])ccc1NC(=O)CCN1CCOC(c2ccc(F)cc2)C1. The largest absolute Gasteiger partial charge is 0.494 e. The molecule has 1 atom stereocenters. The number of anilines is 1. The van der Waals surface area contributed by atoms with Crippen LogP contribution in [0.1, 0.15) is 18.1 Å². The molecule has 0 spiro atoms. The quantitative estimate of drug-likeness (QED) is 0.564. The summed E-state index contributed by atoms with van der Waals surface area (Å²) < 4.78 is 24.0. The first-order chi connectivity index (χ1) is 14.0. The smallest absolute Gasteiger partial charge is 0.273 e. The van der Waals surface area contributed by atoms with E-state index in [9.17, 15) is 19.3 Å². The van der Waals surface area contributed by atoms with Crippen LogP contribution in [-0.2, 0) is 9.53 Å². The normalized spacial score (nSPS) is 17.0. The zero-order chi connectivity index (χ0) is 20.8. The number of ether oxygens (including phenoxy) is 2. The third-order valence-electron chi connectivity index (χ3n) is 4.72. The van der Waals surface area contributed by atoms with Crippen LogP contribution in [0.15, 0.2) is 42.5 Å². The van der Waals surface area contributed by atoms with Gasteiger partial charge in [-0.15, -0.1) is 0 Å². The standard InChI is InChI=1S/C20H22FN3O5/c1-28-18-12-16(24(26)27)6-7-17(18)22-20(25)8-9-23-10-11-29-19(13-23)14-2-4-15(21)5-3-14/h2-7,12,19H,8-11,13H2,1H3,(H,22,25). The van der Waals surface area contributed by atoms with Crippen molar-refractivity contribution in [3.05, 3.63) is 64.0 Å². The van der Waals surface area contributed by atoms with Crippen LogP contribution in [0.4, 0.5) is 15.8 Å². The molecule has 0 aliphatic carbocycles. The van der Waals surface area contributed by atoms with Crippen LogP contribution in [0.25, 0.3) is 0 Å². The Hall–Kier alpha value is -3.04. The Balaban J connectivity index is 1.54. The molecule has 1 fully saturated rings. The Morgan fingerprint density at radius 1 is 1.34 bits per heavy atom.